The average molecular weight is 308 g/mol. The molecule has 0 aliphatic heterocycles. The molecule has 0 radical (unpaired) electrons. The number of hydrogen-bond donors (Lipinski definition) is 2. The molecule has 112 valence electrons. The van der Waals surface area contributed by atoms with Crippen molar-refractivity contribution >= 4 is 15.7 Å². The van der Waals surface area contributed by atoms with E-state index in [0.717, 1.165) is 5.56 Å². The minimum atomic E-state index is -3.48. The third kappa shape index (κ3) is 4.54. The fourth-order valence-electron chi connectivity index (χ4n) is 1.92. The largest absolute Gasteiger partial charge is 0.326 e. The normalized spacial score (nSPS) is 11.3. The maximum atomic E-state index is 13.3. The first-order valence-corrected chi connectivity index (χ1v) is 8.18. The predicted octanol–water partition coefficient (Wildman–Crippen LogP) is 2.27. The van der Waals surface area contributed by atoms with Crippen LogP contribution in [0.2, 0.25) is 0 Å². The lowest BCUT2D eigenvalue weighted by atomic mass is 10.2. The molecule has 0 heterocycles. The molecule has 0 unspecified atom stereocenters. The number of benzene rings is 2. The summed E-state index contributed by atoms with van der Waals surface area (Å²) in [6.45, 7) is 0.0193. The van der Waals surface area contributed by atoms with Crippen molar-refractivity contribution in [3.05, 3.63) is 65.5 Å². The van der Waals surface area contributed by atoms with Gasteiger partial charge in [-0.1, -0.05) is 30.3 Å². The topological polar surface area (TPSA) is 72.2 Å². The molecule has 4 nitrogen and oxygen atoms in total. The molecule has 2 rings (SSSR count). The summed E-state index contributed by atoms with van der Waals surface area (Å²) in [5.74, 6) is -0.475. The quantitative estimate of drug-likeness (QED) is 0.860. The minimum Gasteiger partial charge on any atom is -0.326 e. The van der Waals surface area contributed by atoms with E-state index in [1.807, 2.05) is 30.3 Å². The molecule has 0 saturated carbocycles. The van der Waals surface area contributed by atoms with Crippen LogP contribution in [0.3, 0.4) is 0 Å². The van der Waals surface area contributed by atoms with Crippen molar-refractivity contribution in [2.24, 2.45) is 5.73 Å². The van der Waals surface area contributed by atoms with Crippen molar-refractivity contribution in [1.82, 2.24) is 0 Å². The van der Waals surface area contributed by atoms with Crippen LogP contribution in [0.4, 0.5) is 10.1 Å². The molecular weight excluding hydrogens is 291 g/mol. The summed E-state index contributed by atoms with van der Waals surface area (Å²) in [6, 6.07) is 13.4. The van der Waals surface area contributed by atoms with Crippen molar-refractivity contribution in [2.45, 2.75) is 13.0 Å². The fourth-order valence-corrected chi connectivity index (χ4v) is 3.01. The Morgan fingerprint density at radius 2 is 1.81 bits per heavy atom. The number of nitrogens with one attached hydrogen (secondary N) is 1. The van der Waals surface area contributed by atoms with Crippen LogP contribution in [0.25, 0.3) is 0 Å². The Balaban J connectivity index is 2.04. The van der Waals surface area contributed by atoms with Gasteiger partial charge in [0.1, 0.15) is 5.82 Å². The lowest BCUT2D eigenvalue weighted by molar-refractivity contribution is 0.599. The number of nitrogens with two attached hydrogens (primary N) is 1. The van der Waals surface area contributed by atoms with E-state index >= 15 is 0 Å². The molecule has 3 N–H and O–H groups in total. The van der Waals surface area contributed by atoms with Gasteiger partial charge in [0.15, 0.2) is 0 Å². The zero-order valence-electron chi connectivity index (χ0n) is 11.4. The monoisotopic (exact) mass is 308 g/mol. The number of hydrogen-bond acceptors (Lipinski definition) is 3. The van der Waals surface area contributed by atoms with Crippen LogP contribution in [0, 0.1) is 5.82 Å². The first-order valence-electron chi connectivity index (χ1n) is 6.53. The SMILES string of the molecule is NCc1cc(NS(=O)(=O)CCc2ccccc2)ccc1F. The van der Waals surface area contributed by atoms with E-state index < -0.39 is 15.8 Å². The molecule has 0 bridgehead atoms. The molecule has 0 amide bonds. The zero-order valence-corrected chi connectivity index (χ0v) is 12.2. The molecule has 6 heteroatoms. The van der Waals surface area contributed by atoms with Gasteiger partial charge in [-0.15, -0.1) is 0 Å². The van der Waals surface area contributed by atoms with Crippen LogP contribution in [-0.4, -0.2) is 14.2 Å². The van der Waals surface area contributed by atoms with E-state index in [0.29, 0.717) is 12.1 Å². The van der Waals surface area contributed by atoms with Crippen LogP contribution in [0.1, 0.15) is 11.1 Å². The molecule has 0 atom stereocenters. The smallest absolute Gasteiger partial charge is 0.233 e. The summed E-state index contributed by atoms with van der Waals surface area (Å²) in [5.41, 5.74) is 6.95. The Bertz CT molecular complexity index is 703. The Morgan fingerprint density at radius 1 is 1.10 bits per heavy atom. The van der Waals surface area contributed by atoms with Gasteiger partial charge in [-0.05, 0) is 30.2 Å². The van der Waals surface area contributed by atoms with E-state index in [-0.39, 0.29) is 17.9 Å². The molecule has 2 aromatic carbocycles. The van der Waals surface area contributed by atoms with E-state index in [1.165, 1.54) is 18.2 Å². The van der Waals surface area contributed by atoms with Crippen LogP contribution >= 0.6 is 0 Å². The highest BCUT2D eigenvalue weighted by Crippen LogP contribution is 2.16. The highest BCUT2D eigenvalue weighted by Gasteiger charge is 2.12. The Morgan fingerprint density at radius 3 is 2.48 bits per heavy atom. The molecule has 0 spiro atoms. The second kappa shape index (κ2) is 6.69. The Kier molecular flexibility index (Phi) is 4.93. The number of sulfonamides is 1. The standard InChI is InChI=1S/C15H17FN2O2S/c16-15-7-6-14(10-13(15)11-17)18-21(19,20)9-8-12-4-2-1-3-5-12/h1-7,10,18H,8-9,11,17H2. The van der Waals surface area contributed by atoms with Gasteiger partial charge in [0.05, 0.1) is 5.75 Å². The van der Waals surface area contributed by atoms with Gasteiger partial charge in [-0.2, -0.15) is 0 Å². The lowest BCUT2D eigenvalue weighted by Crippen LogP contribution is -2.18. The van der Waals surface area contributed by atoms with Gasteiger partial charge in [0.2, 0.25) is 10.0 Å². The van der Waals surface area contributed by atoms with E-state index in [4.69, 9.17) is 5.73 Å². The Labute approximate surface area is 123 Å². The molecular formula is C15H17FN2O2S. The van der Waals surface area contributed by atoms with Gasteiger partial charge in [-0.3, -0.25) is 4.72 Å². The van der Waals surface area contributed by atoms with Crippen LogP contribution < -0.4 is 10.5 Å². The van der Waals surface area contributed by atoms with E-state index in [9.17, 15) is 12.8 Å². The number of halogens is 1. The minimum absolute atomic E-state index is 0.0193. The van der Waals surface area contributed by atoms with Gasteiger partial charge in [0.25, 0.3) is 0 Å². The van der Waals surface area contributed by atoms with Crippen molar-refractivity contribution in [3.8, 4) is 0 Å². The lowest BCUT2D eigenvalue weighted by Gasteiger charge is -2.09. The van der Waals surface area contributed by atoms with Gasteiger partial charge in [-0.25, -0.2) is 12.8 Å². The summed E-state index contributed by atoms with van der Waals surface area (Å²) < 4.78 is 39.8. The summed E-state index contributed by atoms with van der Waals surface area (Å²) in [6.07, 6.45) is 0.418. The van der Waals surface area contributed by atoms with Crippen molar-refractivity contribution in [1.29, 1.82) is 0 Å². The van der Waals surface area contributed by atoms with Crippen LogP contribution in [0.15, 0.2) is 48.5 Å². The molecule has 21 heavy (non-hydrogen) atoms. The highest BCUT2D eigenvalue weighted by molar-refractivity contribution is 7.92. The molecule has 2 aromatic rings. The first-order chi connectivity index (χ1) is 10.00. The zero-order chi connectivity index (χ0) is 15.3. The number of rotatable bonds is 6. The third-order valence-corrected chi connectivity index (χ3v) is 4.33. The summed E-state index contributed by atoms with van der Waals surface area (Å²) in [5, 5.41) is 0. The molecule has 0 aliphatic carbocycles. The predicted molar refractivity (Wildman–Crippen MR) is 81.8 cm³/mol. The Hall–Kier alpha value is -1.92. The highest BCUT2D eigenvalue weighted by atomic mass is 32.2. The first kappa shape index (κ1) is 15.5. The van der Waals surface area contributed by atoms with Crippen LogP contribution in [0.5, 0.6) is 0 Å². The molecule has 0 aromatic heterocycles. The molecule has 0 aliphatic rings. The van der Waals surface area contributed by atoms with E-state index in [1.54, 1.807) is 0 Å². The van der Waals surface area contributed by atoms with Gasteiger partial charge < -0.3 is 5.73 Å². The number of anilines is 1. The number of aryl methyl sites for hydroxylation is 1. The van der Waals surface area contributed by atoms with Crippen molar-refractivity contribution < 1.29 is 12.8 Å². The average Bonchev–Trinajstić information content (AvgIpc) is 2.48. The fraction of sp³-hybridized carbons (Fsp3) is 0.200. The van der Waals surface area contributed by atoms with Crippen molar-refractivity contribution in [2.75, 3.05) is 10.5 Å². The maximum Gasteiger partial charge on any atom is 0.233 e. The summed E-state index contributed by atoms with van der Waals surface area (Å²) in [7, 11) is -3.48. The molecule has 0 saturated heterocycles. The van der Waals surface area contributed by atoms with Crippen molar-refractivity contribution in [3.63, 3.8) is 0 Å². The summed E-state index contributed by atoms with van der Waals surface area (Å²) >= 11 is 0. The van der Waals surface area contributed by atoms with Gasteiger partial charge >= 0.3 is 0 Å². The summed E-state index contributed by atoms with van der Waals surface area (Å²) in [4.78, 5) is 0. The maximum absolute atomic E-state index is 13.3. The van der Waals surface area contributed by atoms with E-state index in [2.05, 4.69) is 4.72 Å². The van der Waals surface area contributed by atoms with Crippen LogP contribution in [-0.2, 0) is 23.0 Å². The second-order valence-corrected chi connectivity index (χ2v) is 6.51. The second-order valence-electron chi connectivity index (χ2n) is 4.67. The third-order valence-electron chi connectivity index (χ3n) is 3.04. The van der Waals surface area contributed by atoms with Gasteiger partial charge in [0, 0.05) is 17.8 Å². The molecule has 0 fully saturated rings.